The van der Waals surface area contributed by atoms with Crippen LogP contribution in [-0.4, -0.2) is 31.3 Å². The second-order valence-corrected chi connectivity index (χ2v) is 6.85. The molecule has 0 aliphatic rings. The van der Waals surface area contributed by atoms with Crippen molar-refractivity contribution in [3.63, 3.8) is 0 Å². The molecular formula is C21H20N8. The molecule has 0 atom stereocenters. The zero-order valence-electron chi connectivity index (χ0n) is 15.6. The molecule has 0 saturated heterocycles. The second-order valence-electron chi connectivity index (χ2n) is 6.85. The van der Waals surface area contributed by atoms with Crippen LogP contribution < -0.4 is 16.8 Å². The van der Waals surface area contributed by atoms with Gasteiger partial charge in [-0.05, 0) is 42.0 Å². The van der Waals surface area contributed by atoms with E-state index in [1.54, 1.807) is 12.3 Å². The van der Waals surface area contributed by atoms with Crippen molar-refractivity contribution in [3.05, 3.63) is 61.1 Å². The molecule has 144 valence electrons. The lowest BCUT2D eigenvalue weighted by atomic mass is 10.0. The van der Waals surface area contributed by atoms with E-state index < -0.39 is 0 Å². The van der Waals surface area contributed by atoms with Gasteiger partial charge < -0.3 is 21.4 Å². The van der Waals surface area contributed by atoms with Gasteiger partial charge in [0.25, 0.3) is 0 Å². The lowest BCUT2D eigenvalue weighted by Crippen LogP contribution is -2.08. The van der Waals surface area contributed by atoms with Crippen LogP contribution in [0.1, 0.15) is 0 Å². The normalized spacial score (nSPS) is 11.3. The molecule has 5 rings (SSSR count). The van der Waals surface area contributed by atoms with Crippen molar-refractivity contribution in [2.75, 3.05) is 17.6 Å². The molecule has 0 aliphatic carbocycles. The summed E-state index contributed by atoms with van der Waals surface area (Å²) in [5, 5.41) is 12.8. The van der Waals surface area contributed by atoms with Gasteiger partial charge in [-0.3, -0.25) is 5.10 Å². The van der Waals surface area contributed by atoms with Crippen molar-refractivity contribution in [2.24, 2.45) is 5.73 Å². The van der Waals surface area contributed by atoms with Crippen molar-refractivity contribution >= 4 is 39.3 Å². The molecule has 6 N–H and O–H groups in total. The van der Waals surface area contributed by atoms with Crippen LogP contribution in [0.15, 0.2) is 61.1 Å². The molecule has 8 nitrogen and oxygen atoms in total. The van der Waals surface area contributed by atoms with Crippen LogP contribution in [0.5, 0.6) is 0 Å². The summed E-state index contributed by atoms with van der Waals surface area (Å²) in [6.45, 7) is 1.41. The van der Waals surface area contributed by atoms with Gasteiger partial charge in [-0.15, -0.1) is 0 Å². The Morgan fingerprint density at radius 2 is 2.00 bits per heavy atom. The summed E-state index contributed by atoms with van der Waals surface area (Å²) in [6, 6.07) is 14.4. The number of anilines is 3. The highest BCUT2D eigenvalue weighted by molar-refractivity contribution is 5.98. The Labute approximate surface area is 166 Å². The van der Waals surface area contributed by atoms with E-state index in [9.17, 15) is 0 Å². The van der Waals surface area contributed by atoms with Gasteiger partial charge in [0, 0.05) is 53.0 Å². The fourth-order valence-corrected chi connectivity index (χ4v) is 3.65. The van der Waals surface area contributed by atoms with Gasteiger partial charge in [0.2, 0.25) is 5.95 Å². The summed E-state index contributed by atoms with van der Waals surface area (Å²) in [7, 11) is 0. The van der Waals surface area contributed by atoms with Crippen molar-refractivity contribution in [1.82, 2.24) is 24.7 Å². The first kappa shape index (κ1) is 17.2. The number of nitrogens with one attached hydrogen (secondary N) is 2. The lowest BCUT2D eigenvalue weighted by Gasteiger charge is -2.11. The van der Waals surface area contributed by atoms with Crippen molar-refractivity contribution < 1.29 is 0 Å². The highest BCUT2D eigenvalue weighted by Gasteiger charge is 2.11. The van der Waals surface area contributed by atoms with Gasteiger partial charge in [-0.1, -0.05) is 6.07 Å². The van der Waals surface area contributed by atoms with Crippen LogP contribution >= 0.6 is 0 Å². The largest absolute Gasteiger partial charge is 0.368 e. The first-order valence-corrected chi connectivity index (χ1v) is 9.33. The summed E-state index contributed by atoms with van der Waals surface area (Å²) in [5.41, 5.74) is 16.6. The minimum absolute atomic E-state index is 0.229. The molecule has 0 aliphatic heterocycles. The van der Waals surface area contributed by atoms with Crippen LogP contribution in [0.3, 0.4) is 0 Å². The van der Waals surface area contributed by atoms with Gasteiger partial charge in [-0.2, -0.15) is 10.1 Å². The third-order valence-corrected chi connectivity index (χ3v) is 4.95. The molecule has 0 bridgehead atoms. The molecule has 0 saturated carbocycles. The van der Waals surface area contributed by atoms with Crippen LogP contribution in [0.2, 0.25) is 0 Å². The van der Waals surface area contributed by atoms with E-state index in [-0.39, 0.29) is 5.95 Å². The summed E-state index contributed by atoms with van der Waals surface area (Å²) in [4.78, 5) is 8.15. The Kier molecular flexibility index (Phi) is 4.10. The monoisotopic (exact) mass is 384 g/mol. The molecule has 2 aromatic carbocycles. The third-order valence-electron chi connectivity index (χ3n) is 4.95. The van der Waals surface area contributed by atoms with Gasteiger partial charge >= 0.3 is 0 Å². The first-order chi connectivity index (χ1) is 14.2. The van der Waals surface area contributed by atoms with E-state index in [1.165, 1.54) is 10.9 Å². The molecule has 29 heavy (non-hydrogen) atoms. The molecule has 5 aromatic rings. The first-order valence-electron chi connectivity index (χ1n) is 9.33. The Morgan fingerprint density at radius 1 is 1.07 bits per heavy atom. The maximum Gasteiger partial charge on any atom is 0.221 e. The Bertz CT molecular complexity index is 1320. The quantitative estimate of drug-likeness (QED) is 0.369. The molecule has 0 amide bonds. The zero-order chi connectivity index (χ0) is 19.8. The van der Waals surface area contributed by atoms with E-state index in [1.807, 2.05) is 12.3 Å². The number of nitrogens with zero attached hydrogens (tertiary/aromatic N) is 4. The number of aromatic amines is 1. The molecule has 0 fully saturated rings. The Hall–Kier alpha value is -3.91. The highest BCUT2D eigenvalue weighted by Crippen LogP contribution is 2.33. The molecular weight excluding hydrogens is 364 g/mol. The molecule has 0 spiro atoms. The number of hydrogen-bond donors (Lipinski definition) is 4. The zero-order valence-corrected chi connectivity index (χ0v) is 15.6. The maximum atomic E-state index is 5.72. The van der Waals surface area contributed by atoms with E-state index in [0.717, 1.165) is 34.3 Å². The van der Waals surface area contributed by atoms with Crippen LogP contribution in [-0.2, 0) is 6.54 Å². The minimum Gasteiger partial charge on any atom is -0.368 e. The van der Waals surface area contributed by atoms with E-state index in [2.05, 4.69) is 66.6 Å². The van der Waals surface area contributed by atoms with Crippen LogP contribution in [0, 0.1) is 0 Å². The summed E-state index contributed by atoms with van der Waals surface area (Å²) >= 11 is 0. The van der Waals surface area contributed by atoms with Gasteiger partial charge in [0.1, 0.15) is 5.82 Å². The average molecular weight is 384 g/mol. The van der Waals surface area contributed by atoms with Crippen molar-refractivity contribution in [3.8, 4) is 11.1 Å². The highest BCUT2D eigenvalue weighted by atomic mass is 15.1. The molecule has 3 heterocycles. The Balaban J connectivity index is 1.60. The number of benzene rings is 2. The number of fused-ring (bicyclic) bond motifs is 2. The fourth-order valence-electron chi connectivity index (χ4n) is 3.65. The van der Waals surface area contributed by atoms with Crippen LogP contribution in [0.25, 0.3) is 32.9 Å². The number of nitrogens with two attached hydrogens (primary N) is 2. The van der Waals surface area contributed by atoms with Gasteiger partial charge in [0.15, 0.2) is 0 Å². The summed E-state index contributed by atoms with van der Waals surface area (Å²) in [6.07, 6.45) is 5.51. The SMILES string of the molecule is NCCn1ccc2cc(-c3cc(Nc4ccnc(N)n4)cc4cn[nH]c34)ccc21. The van der Waals surface area contributed by atoms with E-state index >= 15 is 0 Å². The fraction of sp³-hybridized carbons (Fsp3) is 0.0952. The summed E-state index contributed by atoms with van der Waals surface area (Å²) in [5.74, 6) is 0.868. The maximum absolute atomic E-state index is 5.72. The van der Waals surface area contributed by atoms with Crippen LogP contribution in [0.4, 0.5) is 17.5 Å². The van der Waals surface area contributed by atoms with Gasteiger partial charge in [-0.25, -0.2) is 4.98 Å². The Morgan fingerprint density at radius 3 is 2.86 bits per heavy atom. The third kappa shape index (κ3) is 3.15. The van der Waals surface area contributed by atoms with Crippen molar-refractivity contribution in [2.45, 2.75) is 6.54 Å². The number of H-pyrrole nitrogens is 1. The molecule has 0 radical (unpaired) electrons. The van der Waals surface area contributed by atoms with E-state index in [0.29, 0.717) is 12.4 Å². The lowest BCUT2D eigenvalue weighted by molar-refractivity contribution is 0.735. The number of hydrogen-bond acceptors (Lipinski definition) is 6. The standard InChI is InChI=1S/C21H20N8/c22-5-8-29-7-4-14-9-13(1-2-18(14)29)17-11-16(10-15-12-25-28-20(15)17)26-19-3-6-24-21(23)27-19/h1-4,6-7,9-12H,5,8,22H2,(H,25,28)(H3,23,24,26,27). The summed E-state index contributed by atoms with van der Waals surface area (Å²) < 4.78 is 2.17. The number of aromatic nitrogens is 5. The van der Waals surface area contributed by atoms with E-state index in [4.69, 9.17) is 11.5 Å². The second kappa shape index (κ2) is 6.92. The predicted octanol–water partition coefficient (Wildman–Crippen LogP) is 3.26. The molecule has 0 unspecified atom stereocenters. The molecule has 8 heteroatoms. The average Bonchev–Trinajstić information content (AvgIpc) is 3.34. The topological polar surface area (TPSA) is 123 Å². The van der Waals surface area contributed by atoms with Gasteiger partial charge in [0.05, 0.1) is 11.7 Å². The molecule has 3 aromatic heterocycles. The number of rotatable bonds is 5. The van der Waals surface area contributed by atoms with Crippen molar-refractivity contribution in [1.29, 1.82) is 0 Å². The minimum atomic E-state index is 0.229. The smallest absolute Gasteiger partial charge is 0.221 e. The number of nitrogen functional groups attached to an aromatic ring is 1. The predicted molar refractivity (Wildman–Crippen MR) is 116 cm³/mol.